The van der Waals surface area contributed by atoms with Crippen LogP contribution in [0.1, 0.15) is 27.5 Å². The van der Waals surface area contributed by atoms with Gasteiger partial charge in [0.15, 0.2) is 0 Å². The van der Waals surface area contributed by atoms with Gasteiger partial charge >= 0.3 is 0 Å². The van der Waals surface area contributed by atoms with Crippen LogP contribution in [-0.2, 0) is 11.2 Å². The molecule has 1 N–H and O–H groups in total. The number of hydrogen-bond acceptors (Lipinski definition) is 4. The Kier molecular flexibility index (Phi) is 4.20. The van der Waals surface area contributed by atoms with Crippen LogP contribution < -0.4 is 4.90 Å². The summed E-state index contributed by atoms with van der Waals surface area (Å²) in [4.78, 5) is 32.6. The average Bonchev–Trinajstić information content (AvgIpc) is 3.23. The van der Waals surface area contributed by atoms with Gasteiger partial charge in [0.25, 0.3) is 5.91 Å². The van der Waals surface area contributed by atoms with Gasteiger partial charge in [-0.3, -0.25) is 14.6 Å². The lowest BCUT2D eigenvalue weighted by atomic mass is 9.93. The monoisotopic (exact) mass is 351 g/mol. The van der Waals surface area contributed by atoms with Crippen LogP contribution in [0.25, 0.3) is 0 Å². The first-order chi connectivity index (χ1) is 12.6. The van der Waals surface area contributed by atoms with E-state index in [4.69, 9.17) is 0 Å². The molecule has 6 heteroatoms. The molecular formula is C20H21N3O3. The molecule has 1 aromatic carbocycles. The van der Waals surface area contributed by atoms with E-state index in [-0.39, 0.29) is 30.3 Å². The number of nitrogens with zero attached hydrogens (tertiary/aromatic N) is 3. The minimum Gasteiger partial charge on any atom is -0.396 e. The summed E-state index contributed by atoms with van der Waals surface area (Å²) in [6, 6.07) is 11.2. The van der Waals surface area contributed by atoms with Crippen molar-refractivity contribution < 1.29 is 14.7 Å². The molecule has 6 nitrogen and oxygen atoms in total. The lowest BCUT2D eigenvalue weighted by Crippen LogP contribution is -2.29. The fourth-order valence-electron chi connectivity index (χ4n) is 3.94. The number of benzene rings is 1. The van der Waals surface area contributed by atoms with Crippen molar-refractivity contribution in [2.75, 3.05) is 31.6 Å². The number of likely N-dealkylation sites (N-methyl/N-ethyl adjacent to an activating group) is 1. The summed E-state index contributed by atoms with van der Waals surface area (Å²) in [5.74, 6) is -0.00343. The van der Waals surface area contributed by atoms with Crippen LogP contribution in [0.3, 0.4) is 0 Å². The van der Waals surface area contributed by atoms with Crippen LogP contribution in [0.15, 0.2) is 42.6 Å². The number of aliphatic hydroxyl groups excluding tert-OH is 1. The van der Waals surface area contributed by atoms with Gasteiger partial charge in [-0.2, -0.15) is 0 Å². The summed E-state index contributed by atoms with van der Waals surface area (Å²) in [6.45, 7) is 1.07. The molecule has 0 bridgehead atoms. The second-order valence-corrected chi connectivity index (χ2v) is 6.99. The number of pyridine rings is 1. The third kappa shape index (κ3) is 2.76. The second kappa shape index (κ2) is 6.53. The zero-order valence-electron chi connectivity index (χ0n) is 14.6. The molecule has 3 heterocycles. The fourth-order valence-corrected chi connectivity index (χ4v) is 3.94. The van der Waals surface area contributed by atoms with E-state index in [9.17, 15) is 14.7 Å². The van der Waals surface area contributed by atoms with Gasteiger partial charge in [0.05, 0.1) is 6.42 Å². The topological polar surface area (TPSA) is 73.7 Å². The molecule has 2 aromatic rings. The van der Waals surface area contributed by atoms with Crippen molar-refractivity contribution >= 4 is 17.5 Å². The lowest BCUT2D eigenvalue weighted by molar-refractivity contribution is -0.117. The molecule has 2 atom stereocenters. The maximum Gasteiger partial charge on any atom is 0.253 e. The number of rotatable bonds is 3. The Balaban J connectivity index is 1.56. The van der Waals surface area contributed by atoms with Gasteiger partial charge in [-0.15, -0.1) is 0 Å². The summed E-state index contributed by atoms with van der Waals surface area (Å²) < 4.78 is 0. The van der Waals surface area contributed by atoms with Gasteiger partial charge in [0.1, 0.15) is 0 Å². The number of aliphatic hydroxyl groups is 1. The number of carbonyl (C=O) groups excluding carboxylic acids is 2. The van der Waals surface area contributed by atoms with Crippen molar-refractivity contribution in [1.82, 2.24) is 9.88 Å². The van der Waals surface area contributed by atoms with E-state index < -0.39 is 0 Å². The Morgan fingerprint density at radius 2 is 2.12 bits per heavy atom. The second-order valence-electron chi connectivity index (χ2n) is 6.99. The predicted molar refractivity (Wildman–Crippen MR) is 97.0 cm³/mol. The summed E-state index contributed by atoms with van der Waals surface area (Å²) >= 11 is 0. The van der Waals surface area contributed by atoms with Crippen LogP contribution >= 0.6 is 0 Å². The van der Waals surface area contributed by atoms with E-state index in [2.05, 4.69) is 4.98 Å². The molecule has 134 valence electrons. The number of hydrogen-bond donors (Lipinski definition) is 1. The molecular weight excluding hydrogens is 330 g/mol. The highest BCUT2D eigenvalue weighted by Crippen LogP contribution is 2.33. The van der Waals surface area contributed by atoms with Crippen molar-refractivity contribution in [2.24, 2.45) is 5.92 Å². The summed E-state index contributed by atoms with van der Waals surface area (Å²) in [5.41, 5.74) is 3.25. The van der Waals surface area contributed by atoms with Crippen molar-refractivity contribution in [3.8, 4) is 0 Å². The van der Waals surface area contributed by atoms with Crippen LogP contribution in [0.2, 0.25) is 0 Å². The third-order valence-corrected chi connectivity index (χ3v) is 5.43. The molecule has 0 aliphatic carbocycles. The molecule has 2 amide bonds. The number of fused-ring (bicyclic) bond motifs is 1. The zero-order chi connectivity index (χ0) is 18.3. The molecule has 4 rings (SSSR count). The van der Waals surface area contributed by atoms with E-state index >= 15 is 0 Å². The minimum atomic E-state index is -0.0633. The Hall–Kier alpha value is -2.73. The van der Waals surface area contributed by atoms with Crippen molar-refractivity contribution in [3.05, 3.63) is 59.4 Å². The third-order valence-electron chi connectivity index (χ3n) is 5.43. The molecule has 26 heavy (non-hydrogen) atoms. The van der Waals surface area contributed by atoms with E-state index in [1.807, 2.05) is 30.3 Å². The first kappa shape index (κ1) is 16.7. The number of likely N-dealkylation sites (tertiary alicyclic amines) is 1. The molecule has 2 aliphatic heterocycles. The maximum absolute atomic E-state index is 13.0. The Morgan fingerprint density at radius 3 is 2.85 bits per heavy atom. The molecule has 0 spiro atoms. The first-order valence-electron chi connectivity index (χ1n) is 8.79. The standard InChI is InChI=1S/C20H21N3O3/c1-22-18-6-5-13(8-14(18)9-19(22)25)20(26)23-10-15(12-24)16(11-23)17-4-2-3-7-21-17/h2-8,15-16,24H,9-12H2,1H3. The SMILES string of the molecule is CN1C(=O)Cc2cc(C(=O)N3CC(CO)C(c4ccccn4)C3)ccc21. The fraction of sp³-hybridized carbons (Fsp3) is 0.350. The largest absolute Gasteiger partial charge is 0.396 e. The summed E-state index contributed by atoms with van der Waals surface area (Å²) in [5, 5.41) is 9.74. The van der Waals surface area contributed by atoms with Gasteiger partial charge in [-0.25, -0.2) is 0 Å². The van der Waals surface area contributed by atoms with Crippen LogP contribution in [0.4, 0.5) is 5.69 Å². The molecule has 1 saturated heterocycles. The van der Waals surface area contributed by atoms with Crippen molar-refractivity contribution in [2.45, 2.75) is 12.3 Å². The molecule has 1 fully saturated rings. The van der Waals surface area contributed by atoms with E-state index in [0.717, 1.165) is 16.9 Å². The molecule has 0 radical (unpaired) electrons. The smallest absolute Gasteiger partial charge is 0.253 e. The summed E-state index contributed by atoms with van der Waals surface area (Å²) in [6.07, 6.45) is 2.07. The highest BCUT2D eigenvalue weighted by molar-refractivity contribution is 6.03. The molecule has 2 aliphatic rings. The number of anilines is 1. The zero-order valence-corrected chi connectivity index (χ0v) is 14.6. The van der Waals surface area contributed by atoms with Gasteiger partial charge in [-0.1, -0.05) is 6.07 Å². The number of aromatic nitrogens is 1. The quantitative estimate of drug-likeness (QED) is 0.908. The van der Waals surface area contributed by atoms with Crippen molar-refractivity contribution in [3.63, 3.8) is 0 Å². The Labute approximate surface area is 152 Å². The molecule has 1 aromatic heterocycles. The first-order valence-corrected chi connectivity index (χ1v) is 8.79. The van der Waals surface area contributed by atoms with Crippen LogP contribution in [0.5, 0.6) is 0 Å². The Bertz CT molecular complexity index is 853. The normalized spacial score (nSPS) is 22.0. The van der Waals surface area contributed by atoms with Gasteiger partial charge in [-0.05, 0) is 35.9 Å². The van der Waals surface area contributed by atoms with Crippen LogP contribution in [0, 0.1) is 5.92 Å². The maximum atomic E-state index is 13.0. The predicted octanol–water partition coefficient (Wildman–Crippen LogP) is 1.45. The van der Waals surface area contributed by atoms with Gasteiger partial charge in [0, 0.05) is 61.7 Å². The van der Waals surface area contributed by atoms with Crippen LogP contribution in [-0.4, -0.2) is 53.5 Å². The van der Waals surface area contributed by atoms with E-state index in [1.165, 1.54) is 0 Å². The average molecular weight is 351 g/mol. The van der Waals surface area contributed by atoms with Gasteiger partial charge < -0.3 is 14.9 Å². The highest BCUT2D eigenvalue weighted by atomic mass is 16.3. The Morgan fingerprint density at radius 1 is 1.27 bits per heavy atom. The number of carbonyl (C=O) groups is 2. The van der Waals surface area contributed by atoms with Gasteiger partial charge in [0.2, 0.25) is 5.91 Å². The molecule has 0 saturated carbocycles. The minimum absolute atomic E-state index is 0.0176. The number of amides is 2. The van der Waals surface area contributed by atoms with E-state index in [1.54, 1.807) is 29.1 Å². The van der Waals surface area contributed by atoms with E-state index in [0.29, 0.717) is 25.1 Å². The lowest BCUT2D eigenvalue weighted by Gasteiger charge is -2.17. The molecule has 2 unspecified atom stereocenters. The highest BCUT2D eigenvalue weighted by Gasteiger charge is 2.37. The summed E-state index contributed by atoms with van der Waals surface area (Å²) in [7, 11) is 1.75. The van der Waals surface area contributed by atoms with Crippen molar-refractivity contribution in [1.29, 1.82) is 0 Å².